The zero-order chi connectivity index (χ0) is 18.5. The molecule has 0 bridgehead atoms. The van der Waals surface area contributed by atoms with E-state index in [2.05, 4.69) is 63.9 Å². The van der Waals surface area contributed by atoms with Crippen LogP contribution in [0.5, 0.6) is 0 Å². The molecule has 2 aromatic heterocycles. The van der Waals surface area contributed by atoms with Gasteiger partial charge in [-0.25, -0.2) is 9.98 Å². The van der Waals surface area contributed by atoms with Crippen molar-refractivity contribution in [2.45, 2.75) is 13.5 Å². The molecule has 4 aromatic rings. The van der Waals surface area contributed by atoms with Crippen molar-refractivity contribution in [2.24, 2.45) is 12.0 Å². The average Bonchev–Trinajstić information content (AvgIpc) is 3.25. The predicted octanol–water partition coefficient (Wildman–Crippen LogP) is 4.07. The number of nitrogens with zero attached hydrogens (tertiary/aromatic N) is 5. The Labute approximate surface area is 161 Å². The average molecular weight is 374 g/mol. The lowest BCUT2D eigenvalue weighted by molar-refractivity contribution is -0.664. The van der Waals surface area contributed by atoms with Crippen molar-refractivity contribution in [3.63, 3.8) is 0 Å². The summed E-state index contributed by atoms with van der Waals surface area (Å²) >= 11 is 1.81. The molecular formula is C21H20N5S+. The molecule has 0 saturated carbocycles. The Morgan fingerprint density at radius 1 is 1.15 bits per heavy atom. The molecule has 0 spiro atoms. The third kappa shape index (κ3) is 2.40. The summed E-state index contributed by atoms with van der Waals surface area (Å²) in [5.41, 5.74) is 3.29. The Hall–Kier alpha value is -2.99. The van der Waals surface area contributed by atoms with Gasteiger partial charge in [0, 0.05) is 20.2 Å². The van der Waals surface area contributed by atoms with Gasteiger partial charge in [0.25, 0.3) is 5.01 Å². The highest BCUT2D eigenvalue weighted by molar-refractivity contribution is 7.19. The molecule has 0 unspecified atom stereocenters. The van der Waals surface area contributed by atoms with Gasteiger partial charge in [-0.2, -0.15) is 4.57 Å². The SMILES string of the molecule is CC[n+]1c(C=C2N=CN(C)c3ncn(C)c32)sc2ccc3ccccc3c21. The van der Waals surface area contributed by atoms with Gasteiger partial charge in [0.15, 0.2) is 5.82 Å². The van der Waals surface area contributed by atoms with Crippen LogP contribution in [-0.2, 0) is 13.6 Å². The lowest BCUT2D eigenvalue weighted by Crippen LogP contribution is -2.33. The normalized spacial score (nSPS) is 15.2. The minimum absolute atomic E-state index is 0.912. The highest BCUT2D eigenvalue weighted by atomic mass is 32.1. The van der Waals surface area contributed by atoms with Crippen LogP contribution in [0.4, 0.5) is 5.82 Å². The van der Waals surface area contributed by atoms with Crippen LogP contribution in [0.25, 0.3) is 32.8 Å². The van der Waals surface area contributed by atoms with Gasteiger partial charge in [-0.1, -0.05) is 35.6 Å². The smallest absolute Gasteiger partial charge is 0.265 e. The number of anilines is 1. The maximum Gasteiger partial charge on any atom is 0.265 e. The molecule has 1 aliphatic rings. The number of benzene rings is 2. The summed E-state index contributed by atoms with van der Waals surface area (Å²) in [6, 6.07) is 13.0. The van der Waals surface area contributed by atoms with Crippen LogP contribution in [0, 0.1) is 0 Å². The molecule has 3 heterocycles. The van der Waals surface area contributed by atoms with E-state index in [0.717, 1.165) is 23.8 Å². The zero-order valence-corrected chi connectivity index (χ0v) is 16.4. The number of hydrogen-bond acceptors (Lipinski definition) is 4. The molecule has 2 aromatic carbocycles. The molecule has 134 valence electrons. The van der Waals surface area contributed by atoms with Gasteiger partial charge in [-0.15, -0.1) is 0 Å². The largest absolute Gasteiger partial charge is 0.331 e. The number of aliphatic imine (C=N–C) groups is 1. The molecule has 5 rings (SSSR count). The minimum Gasteiger partial charge on any atom is -0.331 e. The summed E-state index contributed by atoms with van der Waals surface area (Å²) in [6.07, 6.45) is 5.86. The van der Waals surface area contributed by atoms with E-state index in [1.807, 2.05) is 47.6 Å². The van der Waals surface area contributed by atoms with Crippen molar-refractivity contribution >= 4 is 56.3 Å². The number of aromatic nitrogens is 3. The first-order valence-electron chi connectivity index (χ1n) is 9.02. The molecule has 5 nitrogen and oxygen atoms in total. The fourth-order valence-corrected chi connectivity index (χ4v) is 4.93. The van der Waals surface area contributed by atoms with Crippen molar-refractivity contribution in [2.75, 3.05) is 11.9 Å². The Morgan fingerprint density at radius 2 is 2.00 bits per heavy atom. The monoisotopic (exact) mass is 374 g/mol. The highest BCUT2D eigenvalue weighted by Crippen LogP contribution is 2.33. The van der Waals surface area contributed by atoms with Crippen molar-refractivity contribution in [3.8, 4) is 0 Å². The second kappa shape index (κ2) is 6.03. The van der Waals surface area contributed by atoms with Gasteiger partial charge in [-0.3, -0.25) is 0 Å². The molecule has 0 amide bonds. The van der Waals surface area contributed by atoms with E-state index < -0.39 is 0 Å². The molecule has 0 fully saturated rings. The first-order chi connectivity index (χ1) is 13.2. The molecule has 6 heteroatoms. The Bertz CT molecular complexity index is 1240. The zero-order valence-electron chi connectivity index (χ0n) is 15.5. The molecule has 0 saturated heterocycles. The number of fused-ring (bicyclic) bond motifs is 4. The van der Waals surface area contributed by atoms with Crippen LogP contribution in [-0.4, -0.2) is 22.9 Å². The number of hydrogen-bond donors (Lipinski definition) is 0. The van der Waals surface area contributed by atoms with Crippen LogP contribution >= 0.6 is 11.3 Å². The van der Waals surface area contributed by atoms with Gasteiger partial charge >= 0.3 is 0 Å². The van der Waals surface area contributed by atoms with Crippen molar-refractivity contribution in [1.29, 1.82) is 0 Å². The van der Waals surface area contributed by atoms with Gasteiger partial charge in [-0.05, 0) is 24.4 Å². The van der Waals surface area contributed by atoms with E-state index >= 15 is 0 Å². The van der Waals surface area contributed by atoms with Gasteiger partial charge < -0.3 is 9.47 Å². The van der Waals surface area contributed by atoms with Gasteiger partial charge in [0.1, 0.15) is 16.9 Å². The fourth-order valence-electron chi connectivity index (χ4n) is 3.75. The van der Waals surface area contributed by atoms with E-state index in [1.54, 1.807) is 0 Å². The summed E-state index contributed by atoms with van der Waals surface area (Å²) in [4.78, 5) is 11.1. The Morgan fingerprint density at radius 3 is 2.85 bits per heavy atom. The van der Waals surface area contributed by atoms with Crippen molar-refractivity contribution in [3.05, 3.63) is 53.4 Å². The summed E-state index contributed by atoms with van der Waals surface area (Å²) in [7, 11) is 3.99. The van der Waals surface area contributed by atoms with E-state index in [-0.39, 0.29) is 0 Å². The summed E-state index contributed by atoms with van der Waals surface area (Å²) in [6.45, 7) is 3.11. The second-order valence-electron chi connectivity index (χ2n) is 6.73. The van der Waals surface area contributed by atoms with E-state index in [9.17, 15) is 0 Å². The number of imidazole rings is 1. The minimum atomic E-state index is 0.912. The highest BCUT2D eigenvalue weighted by Gasteiger charge is 2.24. The van der Waals surface area contributed by atoms with Gasteiger partial charge in [0.2, 0.25) is 5.52 Å². The van der Waals surface area contributed by atoms with Gasteiger partial charge in [0.05, 0.1) is 23.7 Å². The first kappa shape index (κ1) is 16.2. The van der Waals surface area contributed by atoms with Crippen LogP contribution in [0.15, 0.2) is 47.7 Å². The number of aryl methyl sites for hydroxylation is 2. The summed E-state index contributed by atoms with van der Waals surface area (Å²) in [5, 5.41) is 3.77. The maximum atomic E-state index is 4.68. The lowest BCUT2D eigenvalue weighted by atomic mass is 10.1. The third-order valence-electron chi connectivity index (χ3n) is 5.05. The van der Waals surface area contributed by atoms with Crippen molar-refractivity contribution in [1.82, 2.24) is 9.55 Å². The first-order valence-corrected chi connectivity index (χ1v) is 9.83. The fraction of sp³-hybridized carbons (Fsp3) is 0.190. The molecule has 1 aliphatic heterocycles. The summed E-state index contributed by atoms with van der Waals surface area (Å²) in [5.74, 6) is 0.938. The Kier molecular flexibility index (Phi) is 3.62. The lowest BCUT2D eigenvalue weighted by Gasteiger charge is -2.18. The van der Waals surface area contributed by atoms with Crippen LogP contribution in [0.2, 0.25) is 0 Å². The quantitative estimate of drug-likeness (QED) is 0.496. The van der Waals surface area contributed by atoms with Crippen LogP contribution in [0.3, 0.4) is 0 Å². The molecule has 0 aliphatic carbocycles. The standard InChI is InChI=1S/C21H20N5S/c1-4-26-18(11-16-20-21(23-13-24(20)2)25(3)12-22-16)27-17-10-9-14-7-5-6-8-15(14)19(17)26/h5-13H,4H2,1-3H3/q+1. The third-order valence-corrected chi connectivity index (χ3v) is 6.15. The van der Waals surface area contributed by atoms with E-state index in [0.29, 0.717) is 0 Å². The Balaban J connectivity index is 1.77. The predicted molar refractivity (Wildman–Crippen MR) is 113 cm³/mol. The topological polar surface area (TPSA) is 37.3 Å². The molecular weight excluding hydrogens is 354 g/mol. The van der Waals surface area contributed by atoms with Crippen LogP contribution in [0.1, 0.15) is 17.6 Å². The van der Waals surface area contributed by atoms with E-state index in [1.165, 1.54) is 26.0 Å². The van der Waals surface area contributed by atoms with Crippen LogP contribution < -0.4 is 9.47 Å². The van der Waals surface area contributed by atoms with Crippen molar-refractivity contribution < 1.29 is 4.57 Å². The number of rotatable bonds is 2. The summed E-state index contributed by atoms with van der Waals surface area (Å²) < 4.78 is 5.72. The van der Waals surface area contributed by atoms with E-state index in [4.69, 9.17) is 0 Å². The molecule has 27 heavy (non-hydrogen) atoms. The molecule has 0 radical (unpaired) electrons. The maximum absolute atomic E-state index is 4.68. The molecule has 0 atom stereocenters. The number of thiazole rings is 1. The molecule has 0 N–H and O–H groups in total. The second-order valence-corrected chi connectivity index (χ2v) is 7.79.